The van der Waals surface area contributed by atoms with Crippen molar-refractivity contribution < 1.29 is 9.53 Å². The first-order valence-electron chi connectivity index (χ1n) is 8.14. The number of benzene rings is 2. The molecule has 0 radical (unpaired) electrons. The third-order valence-corrected chi connectivity index (χ3v) is 4.05. The summed E-state index contributed by atoms with van der Waals surface area (Å²) in [5.41, 5.74) is 2.94. The summed E-state index contributed by atoms with van der Waals surface area (Å²) < 4.78 is 5.22. The van der Waals surface area contributed by atoms with Crippen molar-refractivity contribution in [1.29, 1.82) is 0 Å². The van der Waals surface area contributed by atoms with Crippen LogP contribution >= 0.6 is 0 Å². The van der Waals surface area contributed by atoms with E-state index in [0.29, 0.717) is 0 Å². The molecule has 1 aliphatic rings. The standard InChI is InChI=1S/C19H22N2O2/c22-19(23-15-16-7-3-1-4-8-16)20-17-9-11-18(12-10-17)21-13-5-2-6-14-21/h1,3-4,7-12H,2,5-6,13-15H2,(H,20,22). The van der Waals surface area contributed by atoms with Crippen LogP contribution in [0.25, 0.3) is 0 Å². The Hall–Kier alpha value is -2.49. The van der Waals surface area contributed by atoms with Crippen molar-refractivity contribution in [3.63, 3.8) is 0 Å². The molecule has 0 aliphatic carbocycles. The van der Waals surface area contributed by atoms with Gasteiger partial charge in [-0.1, -0.05) is 30.3 Å². The molecule has 1 aliphatic heterocycles. The molecule has 4 heteroatoms. The molecule has 0 aromatic heterocycles. The van der Waals surface area contributed by atoms with E-state index in [-0.39, 0.29) is 6.61 Å². The molecule has 1 saturated heterocycles. The zero-order chi connectivity index (χ0) is 15.9. The largest absolute Gasteiger partial charge is 0.444 e. The van der Waals surface area contributed by atoms with Gasteiger partial charge in [-0.15, -0.1) is 0 Å². The fourth-order valence-electron chi connectivity index (χ4n) is 2.78. The quantitative estimate of drug-likeness (QED) is 0.908. The summed E-state index contributed by atoms with van der Waals surface area (Å²) in [6, 6.07) is 17.6. The van der Waals surface area contributed by atoms with Crippen molar-refractivity contribution in [3.8, 4) is 0 Å². The highest BCUT2D eigenvalue weighted by atomic mass is 16.5. The van der Waals surface area contributed by atoms with Gasteiger partial charge < -0.3 is 9.64 Å². The molecule has 1 amide bonds. The summed E-state index contributed by atoms with van der Waals surface area (Å²) >= 11 is 0. The molecule has 2 aromatic rings. The molecule has 120 valence electrons. The number of carbonyl (C=O) groups excluding carboxylic acids is 1. The van der Waals surface area contributed by atoms with Crippen molar-refractivity contribution in [2.24, 2.45) is 0 Å². The number of nitrogens with one attached hydrogen (secondary N) is 1. The second kappa shape index (κ2) is 7.68. The first-order chi connectivity index (χ1) is 11.3. The Kier molecular flexibility index (Phi) is 5.14. The Balaban J connectivity index is 1.50. The average Bonchev–Trinajstić information content (AvgIpc) is 2.62. The van der Waals surface area contributed by atoms with Crippen LogP contribution in [0.1, 0.15) is 24.8 Å². The molecule has 0 spiro atoms. The summed E-state index contributed by atoms with van der Waals surface area (Å²) in [6.45, 7) is 2.51. The number of ether oxygens (including phenoxy) is 1. The molecular formula is C19H22N2O2. The normalized spacial score (nSPS) is 14.3. The SMILES string of the molecule is O=C(Nc1ccc(N2CCCCC2)cc1)OCc1ccccc1. The predicted molar refractivity (Wildman–Crippen MR) is 92.8 cm³/mol. The van der Waals surface area contributed by atoms with Crippen molar-refractivity contribution in [3.05, 3.63) is 60.2 Å². The van der Waals surface area contributed by atoms with Crippen LogP contribution in [0, 0.1) is 0 Å². The Morgan fingerprint density at radius 1 is 0.957 bits per heavy atom. The van der Waals surface area contributed by atoms with E-state index in [1.54, 1.807) is 0 Å². The van der Waals surface area contributed by atoms with Crippen LogP contribution in [0.4, 0.5) is 16.2 Å². The predicted octanol–water partition coefficient (Wildman–Crippen LogP) is 4.43. The molecule has 4 nitrogen and oxygen atoms in total. The summed E-state index contributed by atoms with van der Waals surface area (Å²) in [5, 5.41) is 2.76. The van der Waals surface area contributed by atoms with Gasteiger partial charge >= 0.3 is 6.09 Å². The van der Waals surface area contributed by atoms with Crippen LogP contribution in [0.15, 0.2) is 54.6 Å². The summed E-state index contributed by atoms with van der Waals surface area (Å²) in [4.78, 5) is 14.2. The lowest BCUT2D eigenvalue weighted by Crippen LogP contribution is -2.29. The zero-order valence-electron chi connectivity index (χ0n) is 13.2. The van der Waals surface area contributed by atoms with E-state index >= 15 is 0 Å². The molecule has 0 saturated carbocycles. The van der Waals surface area contributed by atoms with Crippen LogP contribution in [-0.4, -0.2) is 19.2 Å². The Morgan fingerprint density at radius 3 is 2.35 bits per heavy atom. The van der Waals surface area contributed by atoms with Gasteiger partial charge in [-0.05, 0) is 49.1 Å². The molecule has 0 unspecified atom stereocenters. The van der Waals surface area contributed by atoms with E-state index in [1.807, 2.05) is 42.5 Å². The molecule has 23 heavy (non-hydrogen) atoms. The van der Waals surface area contributed by atoms with Crippen LogP contribution in [-0.2, 0) is 11.3 Å². The van der Waals surface area contributed by atoms with Gasteiger partial charge in [0.25, 0.3) is 0 Å². The number of rotatable bonds is 4. The molecule has 1 heterocycles. The van der Waals surface area contributed by atoms with Gasteiger partial charge in [-0.25, -0.2) is 4.79 Å². The number of hydrogen-bond donors (Lipinski definition) is 1. The number of hydrogen-bond acceptors (Lipinski definition) is 3. The third kappa shape index (κ3) is 4.49. The van der Waals surface area contributed by atoms with Gasteiger partial charge in [0.15, 0.2) is 0 Å². The fourth-order valence-corrected chi connectivity index (χ4v) is 2.78. The lowest BCUT2D eigenvalue weighted by atomic mass is 10.1. The number of carbonyl (C=O) groups is 1. The second-order valence-electron chi connectivity index (χ2n) is 5.78. The maximum Gasteiger partial charge on any atom is 0.411 e. The molecule has 1 N–H and O–H groups in total. The molecular weight excluding hydrogens is 288 g/mol. The lowest BCUT2D eigenvalue weighted by molar-refractivity contribution is 0.155. The summed E-state index contributed by atoms with van der Waals surface area (Å²) in [5.74, 6) is 0. The number of piperidine rings is 1. The van der Waals surface area contributed by atoms with Crippen LogP contribution in [0.2, 0.25) is 0 Å². The molecule has 3 rings (SSSR count). The number of nitrogens with zero attached hydrogens (tertiary/aromatic N) is 1. The molecule has 0 bridgehead atoms. The third-order valence-electron chi connectivity index (χ3n) is 4.05. The van der Waals surface area contributed by atoms with Crippen molar-refractivity contribution in [2.45, 2.75) is 25.9 Å². The van der Waals surface area contributed by atoms with Crippen molar-refractivity contribution >= 4 is 17.5 Å². The minimum Gasteiger partial charge on any atom is -0.444 e. The highest BCUT2D eigenvalue weighted by Gasteiger charge is 2.11. The Bertz CT molecular complexity index is 620. The minimum absolute atomic E-state index is 0.276. The highest BCUT2D eigenvalue weighted by molar-refractivity contribution is 5.84. The topological polar surface area (TPSA) is 41.6 Å². The summed E-state index contributed by atoms with van der Waals surface area (Å²) in [7, 11) is 0. The maximum absolute atomic E-state index is 11.8. The van der Waals surface area contributed by atoms with Crippen molar-refractivity contribution in [2.75, 3.05) is 23.3 Å². The first-order valence-corrected chi connectivity index (χ1v) is 8.14. The van der Waals surface area contributed by atoms with Crippen LogP contribution in [0.3, 0.4) is 0 Å². The monoisotopic (exact) mass is 310 g/mol. The highest BCUT2D eigenvalue weighted by Crippen LogP contribution is 2.21. The van der Waals surface area contributed by atoms with E-state index < -0.39 is 6.09 Å². The van der Waals surface area contributed by atoms with Crippen LogP contribution < -0.4 is 10.2 Å². The van der Waals surface area contributed by atoms with Gasteiger partial charge in [0.05, 0.1) is 0 Å². The summed E-state index contributed by atoms with van der Waals surface area (Å²) in [6.07, 6.45) is 3.40. The Labute approximate surface area is 137 Å². The minimum atomic E-state index is -0.431. The lowest BCUT2D eigenvalue weighted by Gasteiger charge is -2.28. The maximum atomic E-state index is 11.8. The van der Waals surface area contributed by atoms with E-state index in [0.717, 1.165) is 24.3 Å². The number of amides is 1. The second-order valence-corrected chi connectivity index (χ2v) is 5.78. The van der Waals surface area contributed by atoms with E-state index in [4.69, 9.17) is 4.74 Å². The molecule has 1 fully saturated rings. The van der Waals surface area contributed by atoms with Gasteiger partial charge in [0.1, 0.15) is 6.61 Å². The fraction of sp³-hybridized carbons (Fsp3) is 0.316. The molecule has 2 aromatic carbocycles. The molecule has 0 atom stereocenters. The van der Waals surface area contributed by atoms with Gasteiger partial charge in [-0.3, -0.25) is 5.32 Å². The average molecular weight is 310 g/mol. The zero-order valence-corrected chi connectivity index (χ0v) is 13.2. The van der Waals surface area contributed by atoms with Gasteiger partial charge in [0.2, 0.25) is 0 Å². The van der Waals surface area contributed by atoms with Gasteiger partial charge in [0, 0.05) is 24.5 Å². The van der Waals surface area contributed by atoms with Gasteiger partial charge in [-0.2, -0.15) is 0 Å². The first kappa shape index (κ1) is 15.4. The van der Waals surface area contributed by atoms with Crippen LogP contribution in [0.5, 0.6) is 0 Å². The Morgan fingerprint density at radius 2 is 1.65 bits per heavy atom. The van der Waals surface area contributed by atoms with E-state index in [1.165, 1.54) is 24.9 Å². The number of anilines is 2. The van der Waals surface area contributed by atoms with Crippen molar-refractivity contribution in [1.82, 2.24) is 0 Å². The van der Waals surface area contributed by atoms with E-state index in [9.17, 15) is 4.79 Å². The van der Waals surface area contributed by atoms with E-state index in [2.05, 4.69) is 22.3 Å². The smallest absolute Gasteiger partial charge is 0.411 e.